The van der Waals surface area contributed by atoms with Crippen LogP contribution in [0.15, 0.2) is 24.3 Å². The minimum absolute atomic E-state index is 0.0908. The van der Waals surface area contributed by atoms with Crippen molar-refractivity contribution in [1.82, 2.24) is 5.32 Å². The summed E-state index contributed by atoms with van der Waals surface area (Å²) in [4.78, 5) is 0. The van der Waals surface area contributed by atoms with Crippen LogP contribution in [0.4, 0.5) is 4.39 Å². The average Bonchev–Trinajstić information content (AvgIpc) is 3.24. The van der Waals surface area contributed by atoms with Gasteiger partial charge in [-0.1, -0.05) is 18.2 Å². The van der Waals surface area contributed by atoms with Gasteiger partial charge in [-0.15, -0.1) is 0 Å². The van der Waals surface area contributed by atoms with Crippen molar-refractivity contribution in [2.45, 2.75) is 38.6 Å². The molecule has 0 spiro atoms. The second-order valence-corrected chi connectivity index (χ2v) is 5.99. The quantitative estimate of drug-likeness (QED) is 0.803. The molecule has 0 heterocycles. The molecule has 2 aliphatic carbocycles. The van der Waals surface area contributed by atoms with E-state index in [2.05, 4.69) is 12.2 Å². The summed E-state index contributed by atoms with van der Waals surface area (Å²) in [6, 6.07) is 7.22. The van der Waals surface area contributed by atoms with Gasteiger partial charge >= 0.3 is 0 Å². The molecule has 1 nitrogen and oxygen atoms in total. The highest BCUT2D eigenvalue weighted by atomic mass is 19.1. The zero-order valence-electron chi connectivity index (χ0n) is 11.0. The van der Waals surface area contributed by atoms with Gasteiger partial charge in [-0.3, -0.25) is 0 Å². The first-order valence-corrected chi connectivity index (χ1v) is 7.23. The van der Waals surface area contributed by atoms with Crippen molar-refractivity contribution in [3.8, 4) is 0 Å². The van der Waals surface area contributed by atoms with Gasteiger partial charge in [0.1, 0.15) is 5.82 Å². The van der Waals surface area contributed by atoms with Crippen LogP contribution in [0.2, 0.25) is 0 Å². The molecule has 2 fully saturated rings. The van der Waals surface area contributed by atoms with E-state index in [1.165, 1.54) is 25.7 Å². The van der Waals surface area contributed by atoms with Gasteiger partial charge in [0.25, 0.3) is 0 Å². The van der Waals surface area contributed by atoms with Crippen LogP contribution in [0.3, 0.4) is 0 Å². The monoisotopic (exact) mass is 247 g/mol. The maximum atomic E-state index is 13.7. The molecule has 2 saturated carbocycles. The molecule has 0 aliphatic heterocycles. The fraction of sp³-hybridized carbons (Fsp3) is 0.625. The van der Waals surface area contributed by atoms with Crippen LogP contribution >= 0.6 is 0 Å². The summed E-state index contributed by atoms with van der Waals surface area (Å²) >= 11 is 0. The molecule has 1 aromatic carbocycles. The molecular weight excluding hydrogens is 225 g/mol. The summed E-state index contributed by atoms with van der Waals surface area (Å²) < 4.78 is 13.7. The predicted molar refractivity (Wildman–Crippen MR) is 71.8 cm³/mol. The van der Waals surface area contributed by atoms with E-state index < -0.39 is 0 Å². The maximum absolute atomic E-state index is 13.7. The van der Waals surface area contributed by atoms with Gasteiger partial charge in [-0.2, -0.15) is 0 Å². The molecule has 1 aromatic rings. The molecule has 18 heavy (non-hydrogen) atoms. The lowest BCUT2D eigenvalue weighted by atomic mass is 9.97. The van der Waals surface area contributed by atoms with Gasteiger partial charge < -0.3 is 5.32 Å². The largest absolute Gasteiger partial charge is 0.310 e. The van der Waals surface area contributed by atoms with E-state index in [1.807, 2.05) is 12.1 Å². The molecule has 2 aliphatic rings. The lowest BCUT2D eigenvalue weighted by Gasteiger charge is -2.21. The number of nitrogens with one attached hydrogen (secondary N) is 1. The Morgan fingerprint density at radius 2 is 1.78 bits per heavy atom. The van der Waals surface area contributed by atoms with E-state index >= 15 is 0 Å². The summed E-state index contributed by atoms with van der Waals surface area (Å²) in [5.74, 6) is 2.67. The van der Waals surface area contributed by atoms with Crippen LogP contribution in [0.25, 0.3) is 0 Å². The van der Waals surface area contributed by atoms with Crippen molar-refractivity contribution < 1.29 is 4.39 Å². The molecule has 1 atom stereocenters. The number of rotatable bonds is 6. The van der Waals surface area contributed by atoms with E-state index in [-0.39, 0.29) is 11.9 Å². The Labute approximate surface area is 109 Å². The molecular formula is C16H22FN. The zero-order valence-corrected chi connectivity index (χ0v) is 11.0. The van der Waals surface area contributed by atoms with Gasteiger partial charge in [-0.25, -0.2) is 4.39 Å². The Kier molecular flexibility index (Phi) is 3.38. The minimum Gasteiger partial charge on any atom is -0.310 e. The topological polar surface area (TPSA) is 12.0 Å². The molecule has 1 unspecified atom stereocenters. The fourth-order valence-electron chi connectivity index (χ4n) is 3.02. The van der Waals surface area contributed by atoms with Crippen LogP contribution in [0.1, 0.15) is 44.2 Å². The Bertz CT molecular complexity index is 397. The van der Waals surface area contributed by atoms with Gasteiger partial charge in [0.15, 0.2) is 0 Å². The summed E-state index contributed by atoms with van der Waals surface area (Å²) in [6.07, 6.45) is 5.65. The Morgan fingerprint density at radius 1 is 1.17 bits per heavy atom. The second kappa shape index (κ2) is 5.00. The first-order valence-electron chi connectivity index (χ1n) is 7.23. The third-order valence-corrected chi connectivity index (χ3v) is 4.49. The molecule has 2 heteroatoms. The van der Waals surface area contributed by atoms with Crippen LogP contribution < -0.4 is 5.32 Å². The normalized spacial score (nSPS) is 21.3. The summed E-state index contributed by atoms with van der Waals surface area (Å²) in [5.41, 5.74) is 0.794. The third kappa shape index (κ3) is 2.74. The Morgan fingerprint density at radius 3 is 2.33 bits per heavy atom. The lowest BCUT2D eigenvalue weighted by molar-refractivity contribution is 0.359. The van der Waals surface area contributed by atoms with Gasteiger partial charge in [-0.05, 0) is 63.0 Å². The molecule has 0 amide bonds. The van der Waals surface area contributed by atoms with Gasteiger partial charge in [0.05, 0.1) is 0 Å². The van der Waals surface area contributed by atoms with Gasteiger partial charge in [0.2, 0.25) is 0 Å². The summed E-state index contributed by atoms with van der Waals surface area (Å²) in [6.45, 7) is 3.13. The van der Waals surface area contributed by atoms with Crippen molar-refractivity contribution in [3.05, 3.63) is 35.6 Å². The molecule has 98 valence electrons. The van der Waals surface area contributed by atoms with Crippen LogP contribution in [0, 0.1) is 23.6 Å². The van der Waals surface area contributed by atoms with Crippen LogP contribution in [0.5, 0.6) is 0 Å². The lowest BCUT2D eigenvalue weighted by Crippen LogP contribution is -2.28. The van der Waals surface area contributed by atoms with E-state index in [0.717, 1.165) is 29.9 Å². The highest BCUT2D eigenvalue weighted by Crippen LogP contribution is 2.48. The predicted octanol–water partition coefficient (Wildman–Crippen LogP) is 3.91. The number of benzene rings is 1. The third-order valence-electron chi connectivity index (χ3n) is 4.49. The highest BCUT2D eigenvalue weighted by molar-refractivity contribution is 5.20. The first-order chi connectivity index (χ1) is 8.75. The van der Waals surface area contributed by atoms with Crippen molar-refractivity contribution in [2.75, 3.05) is 6.54 Å². The molecule has 0 bridgehead atoms. The van der Waals surface area contributed by atoms with E-state index in [4.69, 9.17) is 0 Å². The molecule has 1 N–H and O–H groups in total. The highest BCUT2D eigenvalue weighted by Gasteiger charge is 2.41. The molecule has 0 aromatic heterocycles. The standard InChI is InChI=1S/C16H22FN/c1-11(14-4-2-3-5-16(14)17)18-10-15(12-6-7-12)13-8-9-13/h2-5,11-13,15,18H,6-10H2,1H3. The first kappa shape index (κ1) is 12.2. The average molecular weight is 247 g/mol. The fourth-order valence-corrected chi connectivity index (χ4v) is 3.02. The summed E-state index contributed by atoms with van der Waals surface area (Å²) in [7, 11) is 0. The second-order valence-electron chi connectivity index (χ2n) is 5.99. The van der Waals surface area contributed by atoms with Crippen molar-refractivity contribution in [3.63, 3.8) is 0 Å². The Balaban J connectivity index is 1.57. The van der Waals surface area contributed by atoms with E-state index in [1.54, 1.807) is 12.1 Å². The maximum Gasteiger partial charge on any atom is 0.127 e. The SMILES string of the molecule is CC(NCC(C1CC1)C1CC1)c1ccccc1F. The van der Waals surface area contributed by atoms with Crippen molar-refractivity contribution in [2.24, 2.45) is 17.8 Å². The van der Waals surface area contributed by atoms with Crippen molar-refractivity contribution in [1.29, 1.82) is 0 Å². The molecule has 3 rings (SSSR count). The number of hydrogen-bond acceptors (Lipinski definition) is 1. The van der Waals surface area contributed by atoms with E-state index in [0.29, 0.717) is 0 Å². The van der Waals surface area contributed by atoms with Crippen LogP contribution in [-0.4, -0.2) is 6.54 Å². The van der Waals surface area contributed by atoms with Crippen molar-refractivity contribution >= 4 is 0 Å². The van der Waals surface area contributed by atoms with Crippen LogP contribution in [-0.2, 0) is 0 Å². The molecule has 0 saturated heterocycles. The number of hydrogen-bond donors (Lipinski definition) is 1. The summed E-state index contributed by atoms with van der Waals surface area (Å²) in [5, 5.41) is 3.54. The van der Waals surface area contributed by atoms with Gasteiger partial charge in [0, 0.05) is 11.6 Å². The minimum atomic E-state index is -0.0908. The zero-order chi connectivity index (χ0) is 12.5. The number of halogens is 1. The Hall–Kier alpha value is -0.890. The molecule has 0 radical (unpaired) electrons. The van der Waals surface area contributed by atoms with E-state index in [9.17, 15) is 4.39 Å². The smallest absolute Gasteiger partial charge is 0.127 e.